The number of nitrogens with zero attached hydrogens (tertiary/aromatic N) is 2. The first-order chi connectivity index (χ1) is 10.1. The zero-order valence-corrected chi connectivity index (χ0v) is 14.3. The molecule has 0 saturated carbocycles. The van der Waals surface area contributed by atoms with E-state index in [4.69, 9.17) is 4.74 Å². The third kappa shape index (κ3) is 5.39. The van der Waals surface area contributed by atoms with Gasteiger partial charge in [-0.05, 0) is 26.3 Å². The highest BCUT2D eigenvalue weighted by atomic mass is 16.6. The van der Waals surface area contributed by atoms with E-state index in [-0.39, 0.29) is 5.91 Å². The standard InChI is InChI=1S/C17H26N2O3/c1-17(2,3)22-16(21)19(6)14(15(20)18(4)5)12-13-10-8-7-9-11-13/h7-11,14H,12H2,1-6H3/t14-/m1/s1. The van der Waals surface area contributed by atoms with Crippen LogP contribution in [0.15, 0.2) is 30.3 Å². The first kappa shape index (κ1) is 18.0. The minimum atomic E-state index is -0.593. The number of hydrogen-bond acceptors (Lipinski definition) is 3. The van der Waals surface area contributed by atoms with Gasteiger partial charge in [0.2, 0.25) is 5.91 Å². The first-order valence-corrected chi connectivity index (χ1v) is 7.32. The molecule has 0 aliphatic rings. The zero-order valence-electron chi connectivity index (χ0n) is 14.3. The summed E-state index contributed by atoms with van der Waals surface area (Å²) in [6, 6.07) is 9.05. The molecule has 5 heteroatoms. The molecule has 0 aliphatic carbocycles. The van der Waals surface area contributed by atoms with Crippen molar-refractivity contribution in [3.8, 4) is 0 Å². The molecule has 0 N–H and O–H groups in total. The fourth-order valence-electron chi connectivity index (χ4n) is 1.99. The highest BCUT2D eigenvalue weighted by Crippen LogP contribution is 2.15. The molecule has 0 fully saturated rings. The molecule has 122 valence electrons. The highest BCUT2D eigenvalue weighted by Gasteiger charge is 2.31. The minimum absolute atomic E-state index is 0.128. The molecule has 2 amide bonds. The number of rotatable bonds is 4. The van der Waals surface area contributed by atoms with Crippen LogP contribution in [0.5, 0.6) is 0 Å². The van der Waals surface area contributed by atoms with Crippen molar-refractivity contribution in [2.75, 3.05) is 21.1 Å². The van der Waals surface area contributed by atoms with E-state index in [1.807, 2.05) is 30.3 Å². The topological polar surface area (TPSA) is 49.9 Å². The van der Waals surface area contributed by atoms with E-state index in [2.05, 4.69) is 0 Å². The highest BCUT2D eigenvalue weighted by molar-refractivity contribution is 5.85. The summed E-state index contributed by atoms with van der Waals surface area (Å²) >= 11 is 0. The molecular weight excluding hydrogens is 280 g/mol. The van der Waals surface area contributed by atoms with Gasteiger partial charge in [0.25, 0.3) is 0 Å². The van der Waals surface area contributed by atoms with Gasteiger partial charge in [-0.1, -0.05) is 30.3 Å². The molecule has 0 saturated heterocycles. The Bertz CT molecular complexity index is 506. The van der Waals surface area contributed by atoms with Gasteiger partial charge < -0.3 is 9.64 Å². The van der Waals surface area contributed by atoms with Gasteiger partial charge in [-0.25, -0.2) is 4.79 Å². The SMILES string of the molecule is CN(C)C(=O)[C@@H](Cc1ccccc1)N(C)C(=O)OC(C)(C)C. The summed E-state index contributed by atoms with van der Waals surface area (Å²) in [6.45, 7) is 5.41. The molecule has 0 aliphatic heterocycles. The molecule has 0 unspecified atom stereocenters. The maximum absolute atomic E-state index is 12.4. The first-order valence-electron chi connectivity index (χ1n) is 7.32. The summed E-state index contributed by atoms with van der Waals surface area (Å²) in [5, 5.41) is 0. The third-order valence-corrected chi connectivity index (χ3v) is 3.15. The van der Waals surface area contributed by atoms with Crippen LogP contribution in [0.25, 0.3) is 0 Å². The van der Waals surface area contributed by atoms with Crippen LogP contribution in [0.2, 0.25) is 0 Å². The zero-order chi connectivity index (χ0) is 16.9. The quantitative estimate of drug-likeness (QED) is 0.859. The number of amides is 2. The molecule has 1 rings (SSSR count). The van der Waals surface area contributed by atoms with E-state index >= 15 is 0 Å². The number of hydrogen-bond donors (Lipinski definition) is 0. The fraction of sp³-hybridized carbons (Fsp3) is 0.529. The summed E-state index contributed by atoms with van der Waals surface area (Å²) in [5.74, 6) is -0.128. The number of carbonyl (C=O) groups is 2. The Morgan fingerprint density at radius 2 is 1.64 bits per heavy atom. The van der Waals surface area contributed by atoms with Crippen molar-refractivity contribution in [1.29, 1.82) is 0 Å². The fourth-order valence-corrected chi connectivity index (χ4v) is 1.99. The van der Waals surface area contributed by atoms with E-state index in [9.17, 15) is 9.59 Å². The molecule has 5 nitrogen and oxygen atoms in total. The average Bonchev–Trinajstić information content (AvgIpc) is 2.42. The molecular formula is C17H26N2O3. The van der Waals surface area contributed by atoms with E-state index < -0.39 is 17.7 Å². The summed E-state index contributed by atoms with van der Waals surface area (Å²) in [7, 11) is 4.97. The largest absolute Gasteiger partial charge is 0.444 e. The summed E-state index contributed by atoms with van der Waals surface area (Å²) < 4.78 is 5.36. The minimum Gasteiger partial charge on any atom is -0.444 e. The van der Waals surface area contributed by atoms with Gasteiger partial charge in [-0.15, -0.1) is 0 Å². The molecule has 1 aromatic rings. The van der Waals surface area contributed by atoms with Crippen LogP contribution >= 0.6 is 0 Å². The Morgan fingerprint density at radius 3 is 2.09 bits per heavy atom. The van der Waals surface area contributed by atoms with Crippen molar-refractivity contribution < 1.29 is 14.3 Å². The van der Waals surface area contributed by atoms with Crippen LogP contribution in [-0.4, -0.2) is 54.6 Å². The monoisotopic (exact) mass is 306 g/mol. The van der Waals surface area contributed by atoms with E-state index in [0.29, 0.717) is 6.42 Å². The van der Waals surface area contributed by atoms with Crippen molar-refractivity contribution in [3.05, 3.63) is 35.9 Å². The third-order valence-electron chi connectivity index (χ3n) is 3.15. The van der Waals surface area contributed by atoms with Crippen LogP contribution in [0.4, 0.5) is 4.79 Å². The van der Waals surface area contributed by atoms with Crippen molar-refractivity contribution >= 4 is 12.0 Å². The Labute approximate surface area is 132 Å². The smallest absolute Gasteiger partial charge is 0.410 e. The molecule has 1 aromatic carbocycles. The van der Waals surface area contributed by atoms with Gasteiger partial charge in [0.05, 0.1) is 0 Å². The van der Waals surface area contributed by atoms with Crippen molar-refractivity contribution in [3.63, 3.8) is 0 Å². The Morgan fingerprint density at radius 1 is 1.09 bits per heavy atom. The van der Waals surface area contributed by atoms with Crippen LogP contribution in [-0.2, 0) is 16.0 Å². The lowest BCUT2D eigenvalue weighted by atomic mass is 10.0. The second kappa shape index (κ2) is 7.29. The van der Waals surface area contributed by atoms with Gasteiger partial charge >= 0.3 is 6.09 Å². The number of benzene rings is 1. The number of ether oxygens (including phenoxy) is 1. The van der Waals surface area contributed by atoms with E-state index in [0.717, 1.165) is 5.56 Å². The summed E-state index contributed by atoms with van der Waals surface area (Å²) in [6.07, 6.45) is -0.0447. The predicted octanol–water partition coefficient (Wildman–Crippen LogP) is 2.55. The number of likely N-dealkylation sites (N-methyl/N-ethyl adjacent to an activating group) is 2. The van der Waals surface area contributed by atoms with Gasteiger partial charge in [0.15, 0.2) is 0 Å². The number of carbonyl (C=O) groups excluding carboxylic acids is 2. The van der Waals surface area contributed by atoms with Gasteiger partial charge in [0.1, 0.15) is 11.6 Å². The maximum Gasteiger partial charge on any atom is 0.410 e. The second-order valence-corrected chi connectivity index (χ2v) is 6.53. The molecule has 0 spiro atoms. The Hall–Kier alpha value is -2.04. The summed E-state index contributed by atoms with van der Waals surface area (Å²) in [4.78, 5) is 27.6. The molecule has 0 aromatic heterocycles. The molecule has 0 heterocycles. The van der Waals surface area contributed by atoms with Crippen LogP contribution in [0, 0.1) is 0 Å². The lowest BCUT2D eigenvalue weighted by Crippen LogP contribution is -2.49. The normalized spacial score (nSPS) is 12.5. The molecule has 0 bridgehead atoms. The van der Waals surface area contributed by atoms with Crippen molar-refractivity contribution in [1.82, 2.24) is 9.80 Å². The molecule has 22 heavy (non-hydrogen) atoms. The summed E-state index contributed by atoms with van der Waals surface area (Å²) in [5.41, 5.74) is 0.405. The van der Waals surface area contributed by atoms with E-state index in [1.54, 1.807) is 41.9 Å². The molecule has 0 radical (unpaired) electrons. The van der Waals surface area contributed by atoms with Crippen LogP contribution in [0.3, 0.4) is 0 Å². The van der Waals surface area contributed by atoms with E-state index in [1.165, 1.54) is 9.80 Å². The average molecular weight is 306 g/mol. The van der Waals surface area contributed by atoms with Crippen molar-refractivity contribution in [2.45, 2.75) is 38.8 Å². The van der Waals surface area contributed by atoms with Crippen molar-refractivity contribution in [2.24, 2.45) is 0 Å². The lowest BCUT2D eigenvalue weighted by Gasteiger charge is -2.31. The molecule has 1 atom stereocenters. The maximum atomic E-state index is 12.4. The lowest BCUT2D eigenvalue weighted by molar-refractivity contribution is -0.133. The Kier molecular flexibility index (Phi) is 5.97. The second-order valence-electron chi connectivity index (χ2n) is 6.53. The van der Waals surface area contributed by atoms with Crippen LogP contribution < -0.4 is 0 Å². The van der Waals surface area contributed by atoms with Crippen LogP contribution in [0.1, 0.15) is 26.3 Å². The van der Waals surface area contributed by atoms with Gasteiger partial charge in [-0.3, -0.25) is 9.69 Å². The van der Waals surface area contributed by atoms with Gasteiger partial charge in [-0.2, -0.15) is 0 Å². The predicted molar refractivity (Wildman–Crippen MR) is 86.6 cm³/mol. The Balaban J connectivity index is 2.95. The van der Waals surface area contributed by atoms with Gasteiger partial charge in [0, 0.05) is 27.6 Å².